The average Bonchev–Trinajstić information content (AvgIpc) is 2.27. The third-order valence-corrected chi connectivity index (χ3v) is 2.21. The largest absolute Gasteiger partial charge is 0.314 e. The van der Waals surface area contributed by atoms with Gasteiger partial charge in [-0.25, -0.2) is 0 Å². The number of benzene rings is 1. The zero-order chi connectivity index (χ0) is 12.1. The second-order valence-electron chi connectivity index (χ2n) is 3.85. The number of hydrogen-bond donors (Lipinski definition) is 0. The molecule has 16 heavy (non-hydrogen) atoms. The fourth-order valence-electron chi connectivity index (χ4n) is 1.28. The van der Waals surface area contributed by atoms with E-state index in [1.54, 1.807) is 36.2 Å². The first-order valence-corrected chi connectivity index (χ1v) is 4.96. The van der Waals surface area contributed by atoms with Gasteiger partial charge in [-0.3, -0.25) is 4.79 Å². The lowest BCUT2D eigenvalue weighted by Gasteiger charge is -2.19. The van der Waals surface area contributed by atoms with E-state index in [1.165, 1.54) is 0 Å². The van der Waals surface area contributed by atoms with Gasteiger partial charge < -0.3 is 9.80 Å². The molecule has 0 aliphatic rings. The first kappa shape index (κ1) is 12.2. The van der Waals surface area contributed by atoms with E-state index in [2.05, 4.69) is 0 Å². The number of anilines is 1. The van der Waals surface area contributed by atoms with Gasteiger partial charge in [-0.2, -0.15) is 5.26 Å². The smallest absolute Gasteiger partial charge is 0.240 e. The van der Waals surface area contributed by atoms with Crippen LogP contribution in [0.4, 0.5) is 5.69 Å². The summed E-state index contributed by atoms with van der Waals surface area (Å²) in [7, 11) is 5.43. The molecule has 1 aromatic carbocycles. The van der Waals surface area contributed by atoms with Crippen LogP contribution < -0.4 is 4.90 Å². The molecular formula is C12H15N3O. The van der Waals surface area contributed by atoms with Gasteiger partial charge in [0.2, 0.25) is 5.91 Å². The predicted octanol–water partition coefficient (Wildman–Crippen LogP) is 1.08. The monoisotopic (exact) mass is 217 g/mol. The van der Waals surface area contributed by atoms with E-state index in [0.717, 1.165) is 5.69 Å². The molecular weight excluding hydrogens is 202 g/mol. The molecule has 84 valence electrons. The third kappa shape index (κ3) is 3.07. The van der Waals surface area contributed by atoms with E-state index in [9.17, 15) is 4.79 Å². The summed E-state index contributed by atoms with van der Waals surface area (Å²) in [6.07, 6.45) is 0. The molecule has 1 aromatic rings. The van der Waals surface area contributed by atoms with Gasteiger partial charge in [0.05, 0.1) is 18.2 Å². The van der Waals surface area contributed by atoms with Crippen LogP contribution in [-0.4, -0.2) is 38.5 Å². The lowest BCUT2D eigenvalue weighted by atomic mass is 10.2. The van der Waals surface area contributed by atoms with Gasteiger partial charge in [0, 0.05) is 12.7 Å². The van der Waals surface area contributed by atoms with Crippen LogP contribution in [0.25, 0.3) is 0 Å². The highest BCUT2D eigenvalue weighted by atomic mass is 16.2. The second-order valence-corrected chi connectivity index (χ2v) is 3.85. The van der Waals surface area contributed by atoms with Crippen LogP contribution in [-0.2, 0) is 4.79 Å². The maximum Gasteiger partial charge on any atom is 0.240 e. The highest BCUT2D eigenvalue weighted by Crippen LogP contribution is 2.13. The average molecular weight is 217 g/mol. The molecule has 0 radical (unpaired) electrons. The molecule has 0 heterocycles. The normalized spacial score (nSPS) is 9.94. The van der Waals surface area contributed by atoms with Gasteiger partial charge in [-0.05, 0) is 38.4 Å². The van der Waals surface area contributed by atoms with Crippen molar-refractivity contribution in [1.82, 2.24) is 4.90 Å². The van der Waals surface area contributed by atoms with Gasteiger partial charge in [-0.1, -0.05) is 0 Å². The number of likely N-dealkylation sites (N-methyl/N-ethyl adjacent to an activating group) is 2. The van der Waals surface area contributed by atoms with Crippen LogP contribution in [0, 0.1) is 11.3 Å². The molecule has 0 aromatic heterocycles. The van der Waals surface area contributed by atoms with Crippen molar-refractivity contribution in [3.05, 3.63) is 29.8 Å². The van der Waals surface area contributed by atoms with Crippen molar-refractivity contribution < 1.29 is 4.79 Å². The number of amides is 1. The first-order chi connectivity index (χ1) is 7.54. The zero-order valence-electron chi connectivity index (χ0n) is 9.77. The first-order valence-electron chi connectivity index (χ1n) is 4.96. The highest BCUT2D eigenvalue weighted by Gasteiger charge is 2.11. The topological polar surface area (TPSA) is 47.3 Å². The summed E-state index contributed by atoms with van der Waals surface area (Å²) in [5.41, 5.74) is 1.39. The fraction of sp³-hybridized carbons (Fsp3) is 0.333. The molecule has 4 nitrogen and oxygen atoms in total. The van der Waals surface area contributed by atoms with Crippen molar-refractivity contribution in [3.8, 4) is 6.07 Å². The Kier molecular flexibility index (Phi) is 4.03. The molecule has 0 saturated carbocycles. The van der Waals surface area contributed by atoms with Gasteiger partial charge >= 0.3 is 0 Å². The van der Waals surface area contributed by atoms with E-state index in [0.29, 0.717) is 12.1 Å². The molecule has 1 rings (SSSR count). The number of nitrogens with zero attached hydrogens (tertiary/aromatic N) is 3. The van der Waals surface area contributed by atoms with Gasteiger partial charge in [0.25, 0.3) is 0 Å². The van der Waals surface area contributed by atoms with Crippen LogP contribution in [0.5, 0.6) is 0 Å². The molecule has 0 aliphatic carbocycles. The van der Waals surface area contributed by atoms with Crippen LogP contribution >= 0.6 is 0 Å². The second kappa shape index (κ2) is 5.29. The fourth-order valence-corrected chi connectivity index (χ4v) is 1.28. The molecule has 0 atom stereocenters. The van der Waals surface area contributed by atoms with Crippen molar-refractivity contribution in [1.29, 1.82) is 5.26 Å². The summed E-state index contributed by atoms with van der Waals surface area (Å²) in [6, 6.07) is 8.99. The molecule has 1 amide bonds. The SMILES string of the molecule is CN(C)CC(=O)N(C)c1ccc(C#N)cc1. The molecule has 0 spiro atoms. The molecule has 4 heteroatoms. The molecule has 0 saturated heterocycles. The van der Waals surface area contributed by atoms with Crippen LogP contribution in [0.1, 0.15) is 5.56 Å². The number of rotatable bonds is 3. The van der Waals surface area contributed by atoms with E-state index >= 15 is 0 Å². The minimum atomic E-state index is 0.0229. The minimum Gasteiger partial charge on any atom is -0.314 e. The summed E-state index contributed by atoms with van der Waals surface area (Å²) in [6.45, 7) is 0.372. The van der Waals surface area contributed by atoms with Crippen molar-refractivity contribution in [3.63, 3.8) is 0 Å². The Morgan fingerprint density at radius 1 is 1.25 bits per heavy atom. The summed E-state index contributed by atoms with van der Waals surface area (Å²) < 4.78 is 0. The molecule has 0 fully saturated rings. The number of carbonyl (C=O) groups excluding carboxylic acids is 1. The highest BCUT2D eigenvalue weighted by molar-refractivity contribution is 5.94. The quantitative estimate of drug-likeness (QED) is 0.761. The van der Waals surface area contributed by atoms with E-state index in [-0.39, 0.29) is 5.91 Å². The Balaban J connectivity index is 2.76. The van der Waals surface area contributed by atoms with Crippen LogP contribution in [0.2, 0.25) is 0 Å². The van der Waals surface area contributed by atoms with E-state index in [4.69, 9.17) is 5.26 Å². The Labute approximate surface area is 95.7 Å². The predicted molar refractivity (Wildman–Crippen MR) is 63.1 cm³/mol. The Morgan fingerprint density at radius 2 is 1.81 bits per heavy atom. The standard InChI is InChI=1S/C12H15N3O/c1-14(2)9-12(16)15(3)11-6-4-10(8-13)5-7-11/h4-7H,9H2,1-3H3. The lowest BCUT2D eigenvalue weighted by Crippen LogP contribution is -2.34. The number of carbonyl (C=O) groups is 1. The summed E-state index contributed by atoms with van der Waals surface area (Å²) in [5, 5.41) is 8.66. The molecule has 0 unspecified atom stereocenters. The van der Waals surface area contributed by atoms with Gasteiger partial charge in [-0.15, -0.1) is 0 Å². The van der Waals surface area contributed by atoms with Crippen molar-refractivity contribution in [2.45, 2.75) is 0 Å². The van der Waals surface area contributed by atoms with Gasteiger partial charge in [0.15, 0.2) is 0 Å². The zero-order valence-corrected chi connectivity index (χ0v) is 9.77. The van der Waals surface area contributed by atoms with E-state index < -0.39 is 0 Å². The Morgan fingerprint density at radius 3 is 2.25 bits per heavy atom. The van der Waals surface area contributed by atoms with Crippen molar-refractivity contribution in [2.75, 3.05) is 32.6 Å². The molecule has 0 N–H and O–H groups in total. The molecule has 0 bridgehead atoms. The summed E-state index contributed by atoms with van der Waals surface area (Å²) >= 11 is 0. The summed E-state index contributed by atoms with van der Waals surface area (Å²) in [4.78, 5) is 15.1. The van der Waals surface area contributed by atoms with E-state index in [1.807, 2.05) is 25.1 Å². The van der Waals surface area contributed by atoms with Crippen molar-refractivity contribution >= 4 is 11.6 Å². The maximum absolute atomic E-state index is 11.7. The van der Waals surface area contributed by atoms with Crippen molar-refractivity contribution in [2.24, 2.45) is 0 Å². The summed E-state index contributed by atoms with van der Waals surface area (Å²) in [5.74, 6) is 0.0229. The Bertz CT molecular complexity index is 403. The van der Waals surface area contributed by atoms with Crippen LogP contribution in [0.15, 0.2) is 24.3 Å². The molecule has 0 aliphatic heterocycles. The minimum absolute atomic E-state index is 0.0229. The number of hydrogen-bond acceptors (Lipinski definition) is 3. The maximum atomic E-state index is 11.7. The Hall–Kier alpha value is -1.86. The van der Waals surface area contributed by atoms with Gasteiger partial charge in [0.1, 0.15) is 0 Å². The lowest BCUT2D eigenvalue weighted by molar-refractivity contribution is -0.118. The number of nitriles is 1. The third-order valence-electron chi connectivity index (χ3n) is 2.21. The van der Waals surface area contributed by atoms with Crippen LogP contribution in [0.3, 0.4) is 0 Å².